The van der Waals surface area contributed by atoms with Gasteiger partial charge in [-0.25, -0.2) is 4.79 Å². The third-order valence-electron chi connectivity index (χ3n) is 4.43. The maximum absolute atomic E-state index is 12.1. The topological polar surface area (TPSA) is 110 Å². The van der Waals surface area contributed by atoms with E-state index in [1.807, 2.05) is 26.0 Å². The number of nitriles is 1. The molecule has 0 atom stereocenters. The van der Waals surface area contributed by atoms with E-state index < -0.39 is 5.97 Å². The van der Waals surface area contributed by atoms with Crippen molar-refractivity contribution in [3.8, 4) is 11.8 Å². The molecule has 0 saturated heterocycles. The van der Waals surface area contributed by atoms with Crippen LogP contribution < -0.4 is 11.1 Å². The first kappa shape index (κ1) is 16.6. The van der Waals surface area contributed by atoms with Crippen molar-refractivity contribution in [2.24, 2.45) is 0 Å². The lowest BCUT2D eigenvalue weighted by Crippen LogP contribution is -2.32. The molecule has 3 N–H and O–H groups in total. The Morgan fingerprint density at radius 1 is 1.44 bits per heavy atom. The summed E-state index contributed by atoms with van der Waals surface area (Å²) in [7, 11) is 1.26. The zero-order valence-electron chi connectivity index (χ0n) is 14.2. The Morgan fingerprint density at radius 3 is 2.80 bits per heavy atom. The van der Waals surface area contributed by atoms with Crippen LogP contribution in [0.1, 0.15) is 41.9 Å². The van der Waals surface area contributed by atoms with Gasteiger partial charge in [0.25, 0.3) is 0 Å². The van der Waals surface area contributed by atoms with Gasteiger partial charge in [0.1, 0.15) is 6.07 Å². The van der Waals surface area contributed by atoms with Crippen LogP contribution >= 0.6 is 0 Å². The second-order valence-electron chi connectivity index (χ2n) is 6.62. The number of carbonyl (C=O) groups is 2. The first-order valence-electron chi connectivity index (χ1n) is 7.72. The van der Waals surface area contributed by atoms with Crippen molar-refractivity contribution in [3.05, 3.63) is 41.2 Å². The maximum Gasteiger partial charge on any atom is 0.357 e. The van der Waals surface area contributed by atoms with Gasteiger partial charge < -0.3 is 20.4 Å². The second-order valence-corrected chi connectivity index (χ2v) is 6.62. The number of rotatable bonds is 2. The molecule has 0 fully saturated rings. The Labute approximate surface area is 145 Å². The molecular formula is C18H18N4O3. The zero-order valence-corrected chi connectivity index (χ0v) is 14.2. The van der Waals surface area contributed by atoms with Gasteiger partial charge >= 0.3 is 5.97 Å². The van der Waals surface area contributed by atoms with Gasteiger partial charge in [-0.15, -0.1) is 0 Å². The summed E-state index contributed by atoms with van der Waals surface area (Å²) < 4.78 is 6.35. The molecule has 7 nitrogen and oxygen atoms in total. The molecule has 25 heavy (non-hydrogen) atoms. The number of methoxy groups -OCH3 is 1. The number of esters is 1. The normalized spacial score (nSPS) is 15.0. The average Bonchev–Trinajstić information content (AvgIpc) is 2.89. The number of ether oxygens (including phenoxy) is 1. The number of nitrogens with one attached hydrogen (secondary N) is 1. The number of carbonyl (C=O) groups excluding carboxylic acids is 2. The van der Waals surface area contributed by atoms with Crippen molar-refractivity contribution in [1.29, 1.82) is 5.26 Å². The monoisotopic (exact) mass is 338 g/mol. The number of benzene rings is 1. The number of nitrogens with zero attached hydrogens (tertiary/aromatic N) is 2. The molecule has 7 heteroatoms. The van der Waals surface area contributed by atoms with Gasteiger partial charge in [-0.1, -0.05) is 13.8 Å². The average molecular weight is 338 g/mol. The van der Waals surface area contributed by atoms with Crippen molar-refractivity contribution in [3.63, 3.8) is 0 Å². The Morgan fingerprint density at radius 2 is 2.16 bits per heavy atom. The molecule has 0 unspecified atom stereocenters. The largest absolute Gasteiger partial charge is 0.464 e. The Bertz CT molecular complexity index is 935. The molecule has 0 radical (unpaired) electrons. The third-order valence-corrected chi connectivity index (χ3v) is 4.43. The van der Waals surface area contributed by atoms with Crippen LogP contribution in [0.2, 0.25) is 0 Å². The van der Waals surface area contributed by atoms with Crippen molar-refractivity contribution < 1.29 is 14.3 Å². The highest BCUT2D eigenvalue weighted by atomic mass is 16.5. The van der Waals surface area contributed by atoms with Crippen molar-refractivity contribution >= 4 is 23.3 Å². The molecule has 1 aliphatic heterocycles. The van der Waals surface area contributed by atoms with E-state index in [2.05, 4.69) is 5.32 Å². The van der Waals surface area contributed by atoms with Crippen LogP contribution in [0.25, 0.3) is 5.69 Å². The first-order chi connectivity index (χ1) is 11.8. The molecule has 3 rings (SSSR count). The Kier molecular flexibility index (Phi) is 3.76. The van der Waals surface area contributed by atoms with E-state index in [4.69, 9.17) is 10.5 Å². The summed E-state index contributed by atoms with van der Waals surface area (Å²) in [5.74, 6) is -0.651. The molecular weight excluding hydrogens is 320 g/mol. The minimum Gasteiger partial charge on any atom is -0.464 e. The molecule has 128 valence electrons. The zero-order chi connectivity index (χ0) is 18.4. The summed E-state index contributed by atoms with van der Waals surface area (Å²) in [6.45, 7) is 3.97. The lowest BCUT2D eigenvalue weighted by Gasteiger charge is -2.32. The van der Waals surface area contributed by atoms with Crippen LogP contribution in [-0.4, -0.2) is 23.6 Å². The van der Waals surface area contributed by atoms with Gasteiger partial charge in [-0.2, -0.15) is 5.26 Å². The number of anilines is 2. The summed E-state index contributed by atoms with van der Waals surface area (Å²) in [6, 6.07) is 7.41. The minimum atomic E-state index is -0.621. The molecule has 1 aromatic heterocycles. The SMILES string of the molecule is COC(=O)c1c(N)c(C#N)cn1-c1ccc2c(c1)C(C)(C)CC(=O)N2. The van der Waals surface area contributed by atoms with Gasteiger partial charge in [0.2, 0.25) is 5.91 Å². The highest BCUT2D eigenvalue weighted by molar-refractivity contribution is 5.97. The summed E-state index contributed by atoms with van der Waals surface area (Å²) >= 11 is 0. The standard InChI is InChI=1S/C18H18N4O3/c1-18(2)7-14(23)21-13-5-4-11(6-12(13)18)22-9-10(8-19)15(20)16(22)17(24)25-3/h4-6,9H,7,20H2,1-3H3,(H,21,23). The Balaban J connectivity index is 2.21. The Hall–Kier alpha value is -3.27. The van der Waals surface area contributed by atoms with Gasteiger partial charge in [-0.3, -0.25) is 4.79 Å². The minimum absolute atomic E-state index is 0.0301. The lowest BCUT2D eigenvalue weighted by atomic mass is 9.78. The van der Waals surface area contributed by atoms with E-state index in [1.165, 1.54) is 13.3 Å². The highest BCUT2D eigenvalue weighted by Crippen LogP contribution is 2.38. The number of hydrogen-bond donors (Lipinski definition) is 2. The smallest absolute Gasteiger partial charge is 0.357 e. The molecule has 0 aliphatic carbocycles. The number of aromatic nitrogens is 1. The van der Waals surface area contributed by atoms with Crippen molar-refractivity contribution in [2.45, 2.75) is 25.7 Å². The maximum atomic E-state index is 12.1. The van der Waals surface area contributed by atoms with Crippen LogP contribution in [0.15, 0.2) is 24.4 Å². The fraction of sp³-hybridized carbons (Fsp3) is 0.278. The van der Waals surface area contributed by atoms with E-state index in [-0.39, 0.29) is 28.3 Å². The molecule has 2 aromatic rings. The van der Waals surface area contributed by atoms with E-state index >= 15 is 0 Å². The number of amides is 1. The van der Waals surface area contributed by atoms with Gasteiger partial charge in [-0.05, 0) is 23.8 Å². The third kappa shape index (κ3) is 2.62. The number of fused-ring (bicyclic) bond motifs is 1. The number of nitrogens with two attached hydrogens (primary N) is 1. The van der Waals surface area contributed by atoms with E-state index in [0.717, 1.165) is 11.3 Å². The predicted molar refractivity (Wildman–Crippen MR) is 92.5 cm³/mol. The van der Waals surface area contributed by atoms with Crippen LogP contribution in [-0.2, 0) is 14.9 Å². The number of hydrogen-bond acceptors (Lipinski definition) is 5. The van der Waals surface area contributed by atoms with E-state index in [9.17, 15) is 14.9 Å². The fourth-order valence-electron chi connectivity index (χ4n) is 3.16. The molecule has 1 aromatic carbocycles. The molecule has 0 bridgehead atoms. The quantitative estimate of drug-likeness (QED) is 0.817. The summed E-state index contributed by atoms with van der Waals surface area (Å²) in [5, 5.41) is 12.1. The van der Waals surface area contributed by atoms with Crippen LogP contribution in [0.3, 0.4) is 0 Å². The van der Waals surface area contributed by atoms with Gasteiger partial charge in [0, 0.05) is 29.4 Å². The van der Waals surface area contributed by atoms with Gasteiger partial charge in [0.15, 0.2) is 5.69 Å². The molecule has 0 saturated carbocycles. The second kappa shape index (κ2) is 5.67. The first-order valence-corrected chi connectivity index (χ1v) is 7.72. The fourth-order valence-corrected chi connectivity index (χ4v) is 3.16. The highest BCUT2D eigenvalue weighted by Gasteiger charge is 2.32. The van der Waals surface area contributed by atoms with E-state index in [0.29, 0.717) is 12.1 Å². The lowest BCUT2D eigenvalue weighted by molar-refractivity contribution is -0.117. The predicted octanol–water partition coefficient (Wildman–Crippen LogP) is 2.34. The van der Waals surface area contributed by atoms with Crippen molar-refractivity contribution in [2.75, 3.05) is 18.2 Å². The van der Waals surface area contributed by atoms with Crippen LogP contribution in [0, 0.1) is 11.3 Å². The summed E-state index contributed by atoms with van der Waals surface area (Å²) in [5.41, 5.74) is 8.33. The molecule has 1 amide bonds. The number of nitrogen functional groups attached to an aromatic ring is 1. The summed E-state index contributed by atoms with van der Waals surface area (Å²) in [4.78, 5) is 24.0. The molecule has 2 heterocycles. The summed E-state index contributed by atoms with van der Waals surface area (Å²) in [6.07, 6.45) is 1.88. The molecule has 1 aliphatic rings. The van der Waals surface area contributed by atoms with E-state index in [1.54, 1.807) is 16.7 Å². The van der Waals surface area contributed by atoms with Crippen molar-refractivity contribution in [1.82, 2.24) is 4.57 Å². The van der Waals surface area contributed by atoms with Crippen LogP contribution in [0.4, 0.5) is 11.4 Å². The molecule has 0 spiro atoms. The van der Waals surface area contributed by atoms with Gasteiger partial charge in [0.05, 0.1) is 18.4 Å². The van der Waals surface area contributed by atoms with Crippen LogP contribution in [0.5, 0.6) is 0 Å².